The Morgan fingerprint density at radius 1 is 1.40 bits per heavy atom. The molecule has 0 saturated heterocycles. The van der Waals surface area contributed by atoms with Gasteiger partial charge in [-0.1, -0.05) is 6.07 Å². The Labute approximate surface area is 125 Å². The molecule has 5 nitrogen and oxygen atoms in total. The molecule has 0 fully saturated rings. The highest BCUT2D eigenvalue weighted by Gasteiger charge is 2.15. The maximum atomic E-state index is 5.65. The molecule has 0 radical (unpaired) electrons. The van der Waals surface area contributed by atoms with Crippen LogP contribution in [0.4, 0.5) is 0 Å². The fraction of sp³-hybridized carbons (Fsp3) is 0.286. The molecule has 20 heavy (non-hydrogen) atoms. The first kappa shape index (κ1) is 13.3. The van der Waals surface area contributed by atoms with Crippen LogP contribution in [0.5, 0.6) is 0 Å². The van der Waals surface area contributed by atoms with E-state index in [0.717, 1.165) is 44.7 Å². The second-order valence-corrected chi connectivity index (χ2v) is 5.62. The van der Waals surface area contributed by atoms with Crippen LogP contribution in [0.2, 0.25) is 0 Å². The van der Waals surface area contributed by atoms with Gasteiger partial charge in [0.05, 0.1) is 21.2 Å². The molecule has 0 aliphatic heterocycles. The van der Waals surface area contributed by atoms with Gasteiger partial charge in [-0.2, -0.15) is 5.10 Å². The minimum atomic E-state index is 0.607. The Morgan fingerprint density at radius 3 is 2.95 bits per heavy atom. The molecule has 0 saturated carbocycles. The molecule has 0 aliphatic rings. The lowest BCUT2D eigenvalue weighted by Crippen LogP contribution is -2.07. The number of imidazole rings is 1. The molecule has 104 valence electrons. The standard InChI is InChI=1S/C14H16BrN5/c1-8-17-10-4-3-9(7-11(10)18-8)14-13(15)12(5-6-16)20(2)19-14/h3-4,7H,5-6,16H2,1-2H3,(H,17,18). The SMILES string of the molecule is Cc1nc2ccc(-c3nn(C)c(CCN)c3Br)cc2[nH]1. The van der Waals surface area contributed by atoms with Crippen LogP contribution >= 0.6 is 15.9 Å². The fourth-order valence-corrected chi connectivity index (χ4v) is 3.17. The molecule has 0 bridgehead atoms. The van der Waals surface area contributed by atoms with Crippen molar-refractivity contribution in [3.8, 4) is 11.3 Å². The monoisotopic (exact) mass is 333 g/mol. The predicted octanol–water partition coefficient (Wildman–Crippen LogP) is 2.54. The van der Waals surface area contributed by atoms with Crippen LogP contribution in [0.15, 0.2) is 22.7 Å². The van der Waals surface area contributed by atoms with E-state index < -0.39 is 0 Å². The number of nitrogens with two attached hydrogens (primary N) is 1. The molecule has 0 unspecified atom stereocenters. The van der Waals surface area contributed by atoms with Gasteiger partial charge in [-0.25, -0.2) is 4.98 Å². The number of aromatic nitrogens is 4. The first-order valence-corrected chi connectivity index (χ1v) is 7.27. The Kier molecular flexibility index (Phi) is 3.35. The van der Waals surface area contributed by atoms with Crippen LogP contribution in [0.1, 0.15) is 11.5 Å². The summed E-state index contributed by atoms with van der Waals surface area (Å²) in [5.74, 6) is 0.918. The number of nitrogens with one attached hydrogen (secondary N) is 1. The van der Waals surface area contributed by atoms with E-state index in [1.807, 2.05) is 30.8 Å². The topological polar surface area (TPSA) is 72.5 Å². The Balaban J connectivity index is 2.12. The summed E-state index contributed by atoms with van der Waals surface area (Å²) in [5.41, 5.74) is 10.8. The Hall–Kier alpha value is -1.66. The van der Waals surface area contributed by atoms with Gasteiger partial charge in [-0.3, -0.25) is 4.68 Å². The number of benzene rings is 1. The van der Waals surface area contributed by atoms with E-state index in [1.165, 1.54) is 0 Å². The van der Waals surface area contributed by atoms with Crippen molar-refractivity contribution >= 4 is 27.0 Å². The van der Waals surface area contributed by atoms with Crippen molar-refractivity contribution in [3.63, 3.8) is 0 Å². The average molecular weight is 334 g/mol. The number of aryl methyl sites for hydroxylation is 2. The molecule has 3 aromatic rings. The molecular formula is C14H16BrN5. The summed E-state index contributed by atoms with van der Waals surface area (Å²) >= 11 is 3.64. The molecule has 3 N–H and O–H groups in total. The first-order valence-electron chi connectivity index (χ1n) is 6.48. The van der Waals surface area contributed by atoms with Crippen LogP contribution in [-0.4, -0.2) is 26.3 Å². The van der Waals surface area contributed by atoms with Crippen molar-refractivity contribution in [2.75, 3.05) is 6.54 Å². The predicted molar refractivity (Wildman–Crippen MR) is 83.5 cm³/mol. The second-order valence-electron chi connectivity index (χ2n) is 4.83. The summed E-state index contributed by atoms with van der Waals surface area (Å²) in [5, 5.41) is 4.59. The molecule has 0 amide bonds. The summed E-state index contributed by atoms with van der Waals surface area (Å²) in [7, 11) is 1.94. The van der Waals surface area contributed by atoms with Crippen LogP contribution in [0.3, 0.4) is 0 Å². The summed E-state index contributed by atoms with van der Waals surface area (Å²) < 4.78 is 2.90. The molecule has 1 aromatic carbocycles. The third-order valence-electron chi connectivity index (χ3n) is 3.36. The fourth-order valence-electron chi connectivity index (χ4n) is 2.41. The van der Waals surface area contributed by atoms with Gasteiger partial charge in [0.2, 0.25) is 0 Å². The quantitative estimate of drug-likeness (QED) is 0.773. The van der Waals surface area contributed by atoms with E-state index >= 15 is 0 Å². The molecular weight excluding hydrogens is 318 g/mol. The maximum absolute atomic E-state index is 5.65. The van der Waals surface area contributed by atoms with Gasteiger partial charge in [0.1, 0.15) is 11.5 Å². The molecule has 0 aliphatic carbocycles. The van der Waals surface area contributed by atoms with Crippen LogP contribution < -0.4 is 5.73 Å². The number of H-pyrrole nitrogens is 1. The number of rotatable bonds is 3. The van der Waals surface area contributed by atoms with Gasteiger partial charge in [-0.05, 0) is 41.5 Å². The first-order chi connectivity index (χ1) is 9.60. The maximum Gasteiger partial charge on any atom is 0.107 e. The van der Waals surface area contributed by atoms with Crippen molar-refractivity contribution in [1.29, 1.82) is 0 Å². The number of nitrogens with zero attached hydrogens (tertiary/aromatic N) is 3. The van der Waals surface area contributed by atoms with E-state index in [4.69, 9.17) is 5.73 Å². The highest BCUT2D eigenvalue weighted by atomic mass is 79.9. The number of hydrogen-bond acceptors (Lipinski definition) is 3. The zero-order valence-corrected chi connectivity index (χ0v) is 13.0. The van der Waals surface area contributed by atoms with Crippen molar-refractivity contribution < 1.29 is 0 Å². The van der Waals surface area contributed by atoms with E-state index in [-0.39, 0.29) is 0 Å². The molecule has 2 aromatic heterocycles. The summed E-state index contributed by atoms with van der Waals surface area (Å²) in [4.78, 5) is 7.67. The summed E-state index contributed by atoms with van der Waals surface area (Å²) in [6.45, 7) is 2.56. The lowest BCUT2D eigenvalue weighted by Gasteiger charge is -1.99. The number of aromatic amines is 1. The van der Waals surface area contributed by atoms with E-state index in [9.17, 15) is 0 Å². The zero-order chi connectivity index (χ0) is 14.3. The van der Waals surface area contributed by atoms with Crippen molar-refractivity contribution in [2.45, 2.75) is 13.3 Å². The number of fused-ring (bicyclic) bond motifs is 1. The van der Waals surface area contributed by atoms with Crippen LogP contribution in [-0.2, 0) is 13.5 Å². The van der Waals surface area contributed by atoms with Crippen molar-refractivity contribution in [3.05, 3.63) is 34.2 Å². The highest BCUT2D eigenvalue weighted by Crippen LogP contribution is 2.31. The molecule has 2 heterocycles. The van der Waals surface area contributed by atoms with Gasteiger partial charge in [0.15, 0.2) is 0 Å². The molecule has 0 atom stereocenters. The number of halogens is 1. The summed E-state index contributed by atoms with van der Waals surface area (Å²) in [6, 6.07) is 6.13. The minimum Gasteiger partial charge on any atom is -0.342 e. The van der Waals surface area contributed by atoms with Crippen LogP contribution in [0.25, 0.3) is 22.3 Å². The van der Waals surface area contributed by atoms with E-state index in [2.05, 4.69) is 37.1 Å². The minimum absolute atomic E-state index is 0.607. The average Bonchev–Trinajstić information content (AvgIpc) is 2.91. The third-order valence-corrected chi connectivity index (χ3v) is 4.19. The van der Waals surface area contributed by atoms with Gasteiger partial charge in [-0.15, -0.1) is 0 Å². The highest BCUT2D eigenvalue weighted by molar-refractivity contribution is 9.10. The molecule has 0 spiro atoms. The van der Waals surface area contributed by atoms with Gasteiger partial charge in [0, 0.05) is 19.0 Å². The normalized spacial score (nSPS) is 11.4. The lowest BCUT2D eigenvalue weighted by molar-refractivity contribution is 0.707. The second kappa shape index (κ2) is 5.03. The summed E-state index contributed by atoms with van der Waals surface area (Å²) in [6.07, 6.45) is 0.801. The Morgan fingerprint density at radius 2 is 2.20 bits per heavy atom. The smallest absolute Gasteiger partial charge is 0.107 e. The molecule has 6 heteroatoms. The zero-order valence-electron chi connectivity index (χ0n) is 11.4. The van der Waals surface area contributed by atoms with Gasteiger partial charge >= 0.3 is 0 Å². The largest absolute Gasteiger partial charge is 0.342 e. The molecule has 3 rings (SSSR count). The van der Waals surface area contributed by atoms with E-state index in [0.29, 0.717) is 6.54 Å². The Bertz CT molecular complexity index is 771. The van der Waals surface area contributed by atoms with Crippen molar-refractivity contribution in [2.24, 2.45) is 12.8 Å². The van der Waals surface area contributed by atoms with Crippen molar-refractivity contribution in [1.82, 2.24) is 19.7 Å². The van der Waals surface area contributed by atoms with Gasteiger partial charge < -0.3 is 10.7 Å². The van der Waals surface area contributed by atoms with E-state index in [1.54, 1.807) is 0 Å². The third kappa shape index (κ3) is 2.14. The lowest BCUT2D eigenvalue weighted by atomic mass is 10.1. The van der Waals surface area contributed by atoms with Crippen LogP contribution in [0, 0.1) is 6.92 Å². The number of hydrogen-bond donors (Lipinski definition) is 2. The van der Waals surface area contributed by atoms with Gasteiger partial charge in [0.25, 0.3) is 0 Å².